The predicted molar refractivity (Wildman–Crippen MR) is 117 cm³/mol. The van der Waals surface area contributed by atoms with Crippen LogP contribution in [0.2, 0.25) is 5.02 Å². The molecule has 1 heterocycles. The second-order valence-corrected chi connectivity index (χ2v) is 8.08. The van der Waals surface area contributed by atoms with E-state index in [-0.39, 0.29) is 17.5 Å². The van der Waals surface area contributed by atoms with E-state index in [0.717, 1.165) is 44.5 Å². The third-order valence-electron chi connectivity index (χ3n) is 5.44. The number of piperidine rings is 1. The standard InChI is InChI=1S/C23H28ClFN2O3/c1-29-21-9-7-18(24)13-20(21)26-23(28)10-6-16-4-3-11-27(14-16)15-17-5-8-19(25)22(12-17)30-2/h5,7-9,12-13,16H,3-4,6,10-11,14-15H2,1-2H3,(H,26,28)/t16-/m0/s1. The van der Waals surface area contributed by atoms with E-state index in [4.69, 9.17) is 21.1 Å². The Morgan fingerprint density at radius 3 is 2.77 bits per heavy atom. The number of anilines is 1. The van der Waals surface area contributed by atoms with Crippen LogP contribution in [0.4, 0.5) is 10.1 Å². The van der Waals surface area contributed by atoms with Gasteiger partial charge in [-0.15, -0.1) is 0 Å². The van der Waals surface area contributed by atoms with Gasteiger partial charge in [-0.1, -0.05) is 17.7 Å². The number of ether oxygens (including phenoxy) is 2. The van der Waals surface area contributed by atoms with Crippen LogP contribution in [0.15, 0.2) is 36.4 Å². The molecule has 1 aliphatic heterocycles. The van der Waals surface area contributed by atoms with Crippen LogP contribution in [0.25, 0.3) is 0 Å². The first kappa shape index (κ1) is 22.4. The fourth-order valence-corrected chi connectivity index (χ4v) is 4.09. The minimum absolute atomic E-state index is 0.0454. The summed E-state index contributed by atoms with van der Waals surface area (Å²) in [5.41, 5.74) is 1.62. The Kier molecular flexibility index (Phi) is 7.94. The molecule has 0 aromatic heterocycles. The molecule has 0 bridgehead atoms. The maximum atomic E-state index is 13.6. The molecular weight excluding hydrogens is 407 g/mol. The lowest BCUT2D eigenvalue weighted by molar-refractivity contribution is -0.116. The third kappa shape index (κ3) is 6.09. The van der Waals surface area contributed by atoms with E-state index in [0.29, 0.717) is 28.8 Å². The summed E-state index contributed by atoms with van der Waals surface area (Å²) in [6.45, 7) is 2.68. The number of likely N-dealkylation sites (tertiary alicyclic amines) is 1. The molecule has 3 rings (SSSR count). The number of hydrogen-bond acceptors (Lipinski definition) is 4. The van der Waals surface area contributed by atoms with Gasteiger partial charge >= 0.3 is 0 Å². The summed E-state index contributed by atoms with van der Waals surface area (Å²) >= 11 is 6.03. The Bertz CT molecular complexity index is 878. The number of hydrogen-bond donors (Lipinski definition) is 1. The largest absolute Gasteiger partial charge is 0.495 e. The highest BCUT2D eigenvalue weighted by Crippen LogP contribution is 2.29. The number of nitrogens with one attached hydrogen (secondary N) is 1. The van der Waals surface area contributed by atoms with Gasteiger partial charge in [0.25, 0.3) is 0 Å². The zero-order chi connectivity index (χ0) is 21.5. The second-order valence-electron chi connectivity index (χ2n) is 7.64. The molecular formula is C23H28ClFN2O3. The average molecular weight is 435 g/mol. The van der Waals surface area contributed by atoms with Crippen LogP contribution >= 0.6 is 11.6 Å². The smallest absolute Gasteiger partial charge is 0.224 e. The van der Waals surface area contributed by atoms with E-state index in [9.17, 15) is 9.18 Å². The Morgan fingerprint density at radius 1 is 1.20 bits per heavy atom. The first-order chi connectivity index (χ1) is 14.5. The SMILES string of the molecule is COc1cc(CN2CCC[C@@H](CCC(=O)Nc3cc(Cl)ccc3OC)C2)ccc1F. The normalized spacial score (nSPS) is 16.9. The van der Waals surface area contributed by atoms with Gasteiger partial charge in [-0.25, -0.2) is 4.39 Å². The van der Waals surface area contributed by atoms with Crippen molar-refractivity contribution in [1.82, 2.24) is 4.90 Å². The third-order valence-corrected chi connectivity index (χ3v) is 5.68. The van der Waals surface area contributed by atoms with Crippen LogP contribution in [0, 0.1) is 11.7 Å². The van der Waals surface area contributed by atoms with Gasteiger partial charge in [0, 0.05) is 24.5 Å². The molecule has 0 saturated carbocycles. The van der Waals surface area contributed by atoms with Crippen LogP contribution < -0.4 is 14.8 Å². The zero-order valence-electron chi connectivity index (χ0n) is 17.4. The zero-order valence-corrected chi connectivity index (χ0v) is 18.2. The fraction of sp³-hybridized carbons (Fsp3) is 0.435. The van der Waals surface area contributed by atoms with Crippen LogP contribution in [0.3, 0.4) is 0 Å². The predicted octanol–water partition coefficient (Wildman–Crippen LogP) is 5.13. The van der Waals surface area contributed by atoms with Crippen LogP contribution in [0.5, 0.6) is 11.5 Å². The Hall–Kier alpha value is -2.31. The molecule has 1 amide bonds. The van der Waals surface area contributed by atoms with E-state index in [1.807, 2.05) is 0 Å². The van der Waals surface area contributed by atoms with E-state index in [1.54, 1.807) is 37.4 Å². The van der Waals surface area contributed by atoms with Crippen molar-refractivity contribution in [3.63, 3.8) is 0 Å². The number of methoxy groups -OCH3 is 2. The molecule has 1 fully saturated rings. The molecule has 1 aliphatic rings. The number of amides is 1. The Labute approximate surface area is 182 Å². The molecule has 1 N–H and O–H groups in total. The highest BCUT2D eigenvalue weighted by molar-refractivity contribution is 6.31. The van der Waals surface area contributed by atoms with Crippen molar-refractivity contribution >= 4 is 23.2 Å². The first-order valence-corrected chi connectivity index (χ1v) is 10.5. The van der Waals surface area contributed by atoms with Gasteiger partial charge in [0.05, 0.1) is 19.9 Å². The molecule has 0 aliphatic carbocycles. The second kappa shape index (κ2) is 10.6. The van der Waals surface area contributed by atoms with Gasteiger partial charge in [0.1, 0.15) is 5.75 Å². The van der Waals surface area contributed by atoms with Crippen molar-refractivity contribution in [2.75, 3.05) is 32.6 Å². The van der Waals surface area contributed by atoms with Gasteiger partial charge in [-0.05, 0) is 67.6 Å². The van der Waals surface area contributed by atoms with Crippen LogP contribution in [0.1, 0.15) is 31.2 Å². The highest BCUT2D eigenvalue weighted by atomic mass is 35.5. The molecule has 7 heteroatoms. The van der Waals surface area contributed by atoms with E-state index >= 15 is 0 Å². The molecule has 162 valence electrons. The number of rotatable bonds is 8. The lowest BCUT2D eigenvalue weighted by Gasteiger charge is -2.32. The maximum Gasteiger partial charge on any atom is 0.224 e. The van der Waals surface area contributed by atoms with Crippen molar-refractivity contribution in [3.8, 4) is 11.5 Å². The number of nitrogens with zero attached hydrogens (tertiary/aromatic N) is 1. The molecule has 2 aromatic carbocycles. The minimum Gasteiger partial charge on any atom is -0.495 e. The number of carbonyl (C=O) groups is 1. The molecule has 0 spiro atoms. The van der Waals surface area contributed by atoms with E-state index in [1.165, 1.54) is 13.2 Å². The molecule has 30 heavy (non-hydrogen) atoms. The van der Waals surface area contributed by atoms with Gasteiger partial charge in [0.15, 0.2) is 11.6 Å². The number of halogens is 2. The molecule has 0 radical (unpaired) electrons. The topological polar surface area (TPSA) is 50.8 Å². The number of carbonyl (C=O) groups excluding carboxylic acids is 1. The molecule has 1 atom stereocenters. The highest BCUT2D eigenvalue weighted by Gasteiger charge is 2.21. The van der Waals surface area contributed by atoms with Gasteiger partial charge in [-0.2, -0.15) is 0 Å². The summed E-state index contributed by atoms with van der Waals surface area (Å²) in [4.78, 5) is 14.8. The quantitative estimate of drug-likeness (QED) is 0.626. The van der Waals surface area contributed by atoms with E-state index in [2.05, 4.69) is 10.2 Å². The molecule has 5 nitrogen and oxygen atoms in total. The van der Waals surface area contributed by atoms with Crippen LogP contribution in [-0.4, -0.2) is 38.1 Å². The van der Waals surface area contributed by atoms with Gasteiger partial charge < -0.3 is 14.8 Å². The van der Waals surface area contributed by atoms with Crippen molar-refractivity contribution in [3.05, 3.63) is 52.8 Å². The van der Waals surface area contributed by atoms with Crippen molar-refractivity contribution in [2.45, 2.75) is 32.2 Å². The van der Waals surface area contributed by atoms with Gasteiger partial charge in [-0.3, -0.25) is 9.69 Å². The summed E-state index contributed by atoms with van der Waals surface area (Å²) in [6, 6.07) is 10.2. The average Bonchev–Trinajstić information content (AvgIpc) is 2.74. The maximum absolute atomic E-state index is 13.6. The lowest BCUT2D eigenvalue weighted by Crippen LogP contribution is -2.35. The first-order valence-electron chi connectivity index (χ1n) is 10.2. The Morgan fingerprint density at radius 2 is 2.00 bits per heavy atom. The Balaban J connectivity index is 1.50. The molecule has 1 saturated heterocycles. The fourth-order valence-electron chi connectivity index (χ4n) is 3.92. The van der Waals surface area contributed by atoms with Crippen molar-refractivity contribution in [1.29, 1.82) is 0 Å². The summed E-state index contributed by atoms with van der Waals surface area (Å²) in [5.74, 6) is 0.921. The summed E-state index contributed by atoms with van der Waals surface area (Å²) in [7, 11) is 3.04. The van der Waals surface area contributed by atoms with Crippen molar-refractivity contribution in [2.24, 2.45) is 5.92 Å². The van der Waals surface area contributed by atoms with Gasteiger partial charge in [0.2, 0.25) is 5.91 Å². The summed E-state index contributed by atoms with van der Waals surface area (Å²) < 4.78 is 24.0. The lowest BCUT2D eigenvalue weighted by atomic mass is 9.93. The number of benzene rings is 2. The minimum atomic E-state index is -0.347. The van der Waals surface area contributed by atoms with Crippen molar-refractivity contribution < 1.29 is 18.7 Å². The molecule has 0 unspecified atom stereocenters. The van der Waals surface area contributed by atoms with Crippen LogP contribution in [-0.2, 0) is 11.3 Å². The summed E-state index contributed by atoms with van der Waals surface area (Å²) in [6.07, 6.45) is 3.46. The monoisotopic (exact) mass is 434 g/mol. The molecule has 2 aromatic rings. The van der Waals surface area contributed by atoms with E-state index < -0.39 is 0 Å². The summed E-state index contributed by atoms with van der Waals surface area (Å²) in [5, 5.41) is 3.45.